The first-order chi connectivity index (χ1) is 14.1. The summed E-state index contributed by atoms with van der Waals surface area (Å²) in [5, 5.41) is 12.9. The fraction of sp³-hybridized carbons (Fsp3) is 0.217. The fourth-order valence-electron chi connectivity index (χ4n) is 3.25. The molecular weight excluding hydrogens is 366 g/mol. The summed E-state index contributed by atoms with van der Waals surface area (Å²) in [6.07, 6.45) is 0.739. The van der Waals surface area contributed by atoms with Crippen LogP contribution in [0.15, 0.2) is 53.3 Å². The van der Waals surface area contributed by atoms with Gasteiger partial charge in [-0.2, -0.15) is 5.26 Å². The second-order valence-electron chi connectivity index (χ2n) is 6.57. The quantitative estimate of drug-likeness (QED) is 0.640. The largest absolute Gasteiger partial charge is 0.497 e. The molecule has 29 heavy (non-hydrogen) atoms. The summed E-state index contributed by atoms with van der Waals surface area (Å²) in [5.41, 5.74) is 3.76. The van der Waals surface area contributed by atoms with Crippen molar-refractivity contribution in [2.24, 2.45) is 0 Å². The Morgan fingerprint density at radius 1 is 1.00 bits per heavy atom. The minimum absolute atomic E-state index is 0.0798. The highest BCUT2D eigenvalue weighted by Gasteiger charge is 2.17. The smallest absolute Gasteiger partial charge is 0.268 e. The van der Waals surface area contributed by atoms with E-state index in [0.717, 1.165) is 34.6 Å². The Bertz CT molecular complexity index is 1080. The van der Waals surface area contributed by atoms with Crippen molar-refractivity contribution in [1.82, 2.24) is 4.98 Å². The highest BCUT2D eigenvalue weighted by atomic mass is 16.5. The summed E-state index contributed by atoms with van der Waals surface area (Å²) in [6.45, 7) is 2.41. The minimum Gasteiger partial charge on any atom is -0.497 e. The summed E-state index contributed by atoms with van der Waals surface area (Å²) in [5.74, 6) is 1.55. The number of hydrogen-bond donors (Lipinski definition) is 2. The second kappa shape index (κ2) is 8.98. The zero-order chi connectivity index (χ0) is 20.8. The van der Waals surface area contributed by atoms with Gasteiger partial charge in [-0.3, -0.25) is 4.79 Å². The third kappa shape index (κ3) is 4.41. The first kappa shape index (κ1) is 20.0. The molecule has 0 unspecified atom stereocenters. The molecule has 0 saturated carbocycles. The number of methoxy groups -OCH3 is 2. The molecule has 148 valence electrons. The Balaban J connectivity index is 1.92. The lowest BCUT2D eigenvalue weighted by atomic mass is 9.99. The fourth-order valence-corrected chi connectivity index (χ4v) is 3.25. The number of pyridine rings is 1. The first-order valence-corrected chi connectivity index (χ1v) is 9.25. The molecule has 3 aromatic rings. The van der Waals surface area contributed by atoms with Crippen LogP contribution >= 0.6 is 0 Å². The van der Waals surface area contributed by atoms with Crippen molar-refractivity contribution in [2.45, 2.75) is 13.3 Å². The molecule has 0 aliphatic carbocycles. The van der Waals surface area contributed by atoms with Gasteiger partial charge in [0.2, 0.25) is 0 Å². The molecule has 2 N–H and O–H groups in total. The van der Waals surface area contributed by atoms with E-state index in [-0.39, 0.29) is 5.56 Å². The van der Waals surface area contributed by atoms with Crippen molar-refractivity contribution in [2.75, 3.05) is 26.1 Å². The molecule has 2 aromatic carbocycles. The van der Waals surface area contributed by atoms with Crippen molar-refractivity contribution in [3.8, 4) is 28.7 Å². The van der Waals surface area contributed by atoms with Crippen LogP contribution < -0.4 is 20.3 Å². The lowest BCUT2D eigenvalue weighted by molar-refractivity contribution is 0.414. The maximum Gasteiger partial charge on any atom is 0.268 e. The summed E-state index contributed by atoms with van der Waals surface area (Å²) in [4.78, 5) is 15.1. The molecule has 1 heterocycles. The van der Waals surface area contributed by atoms with E-state index in [0.29, 0.717) is 17.9 Å². The number of H-pyrrole nitrogens is 1. The SMILES string of the molecule is COc1ccc(CCNc2c(-c3ccc(OC)cc3)c(C)[nH]c(=O)c2C#N)cc1. The van der Waals surface area contributed by atoms with Gasteiger partial charge in [-0.15, -0.1) is 0 Å². The summed E-state index contributed by atoms with van der Waals surface area (Å²) < 4.78 is 10.4. The number of aromatic amines is 1. The number of aryl methyl sites for hydroxylation is 1. The lowest BCUT2D eigenvalue weighted by Gasteiger charge is -2.16. The van der Waals surface area contributed by atoms with Gasteiger partial charge in [-0.25, -0.2) is 0 Å². The Morgan fingerprint density at radius 3 is 2.14 bits per heavy atom. The normalized spacial score (nSPS) is 10.3. The number of nitriles is 1. The predicted molar refractivity (Wildman–Crippen MR) is 114 cm³/mol. The monoisotopic (exact) mass is 389 g/mol. The summed E-state index contributed by atoms with van der Waals surface area (Å²) in [6, 6.07) is 17.4. The Kier molecular flexibility index (Phi) is 6.20. The minimum atomic E-state index is -0.394. The topological polar surface area (TPSA) is 87.1 Å². The standard InChI is InChI=1S/C23H23N3O3/c1-15-21(17-6-10-19(29-3)11-7-17)22(20(14-24)23(27)26-15)25-13-12-16-4-8-18(28-2)9-5-16/h4-11H,12-13H2,1-3H3,(H2,25,26,27). The van der Waals surface area contributed by atoms with Gasteiger partial charge in [0.1, 0.15) is 23.1 Å². The number of hydrogen-bond acceptors (Lipinski definition) is 5. The van der Waals surface area contributed by atoms with Gasteiger partial charge in [-0.05, 0) is 48.7 Å². The molecule has 0 aliphatic heterocycles. The summed E-state index contributed by atoms with van der Waals surface area (Å²) >= 11 is 0. The molecule has 6 nitrogen and oxygen atoms in total. The predicted octanol–water partition coefficient (Wildman–Crippen LogP) is 3.89. The lowest BCUT2D eigenvalue weighted by Crippen LogP contribution is -2.18. The Labute approximate surface area is 169 Å². The van der Waals surface area contributed by atoms with E-state index in [1.807, 2.05) is 61.5 Å². The number of benzene rings is 2. The zero-order valence-electron chi connectivity index (χ0n) is 16.7. The van der Waals surface area contributed by atoms with Crippen molar-refractivity contribution in [1.29, 1.82) is 5.26 Å². The van der Waals surface area contributed by atoms with Gasteiger partial charge in [0.05, 0.1) is 19.9 Å². The number of nitrogens with one attached hydrogen (secondary N) is 2. The van der Waals surface area contributed by atoms with Crippen LogP contribution in [0.2, 0.25) is 0 Å². The molecule has 0 fully saturated rings. The molecule has 0 radical (unpaired) electrons. The van der Waals surface area contributed by atoms with E-state index in [1.54, 1.807) is 14.2 Å². The van der Waals surface area contributed by atoms with E-state index in [9.17, 15) is 10.1 Å². The number of nitrogens with zero attached hydrogens (tertiary/aromatic N) is 1. The van der Waals surface area contributed by atoms with Gasteiger partial charge < -0.3 is 19.8 Å². The Morgan fingerprint density at radius 2 is 1.59 bits per heavy atom. The molecular formula is C23H23N3O3. The number of aromatic nitrogens is 1. The molecule has 0 aliphatic rings. The van der Waals surface area contributed by atoms with Crippen LogP contribution in [0.5, 0.6) is 11.5 Å². The molecule has 0 saturated heterocycles. The van der Waals surface area contributed by atoms with Crippen LogP contribution in [0.3, 0.4) is 0 Å². The molecule has 3 rings (SSSR count). The Hall–Kier alpha value is -3.72. The highest BCUT2D eigenvalue weighted by molar-refractivity contribution is 5.83. The van der Waals surface area contributed by atoms with Gasteiger partial charge in [0, 0.05) is 17.8 Å². The molecule has 0 spiro atoms. The van der Waals surface area contributed by atoms with Crippen molar-refractivity contribution < 1.29 is 9.47 Å². The van der Waals surface area contributed by atoms with Crippen LogP contribution in [-0.2, 0) is 6.42 Å². The molecule has 0 atom stereocenters. The van der Waals surface area contributed by atoms with Crippen molar-refractivity contribution >= 4 is 5.69 Å². The number of ether oxygens (including phenoxy) is 2. The average molecular weight is 389 g/mol. The van der Waals surface area contributed by atoms with E-state index >= 15 is 0 Å². The maximum absolute atomic E-state index is 12.3. The number of anilines is 1. The second-order valence-corrected chi connectivity index (χ2v) is 6.57. The molecule has 6 heteroatoms. The molecule has 1 aromatic heterocycles. The third-order valence-corrected chi connectivity index (χ3v) is 4.77. The van der Waals surface area contributed by atoms with Crippen molar-refractivity contribution in [3.05, 3.63) is 75.7 Å². The number of rotatable bonds is 7. The van der Waals surface area contributed by atoms with Gasteiger partial charge in [0.15, 0.2) is 0 Å². The van der Waals surface area contributed by atoms with Gasteiger partial charge in [-0.1, -0.05) is 24.3 Å². The molecule has 0 amide bonds. The average Bonchev–Trinajstić information content (AvgIpc) is 2.74. The van der Waals surface area contributed by atoms with E-state index < -0.39 is 5.56 Å². The van der Waals surface area contributed by atoms with Crippen LogP contribution in [0, 0.1) is 18.3 Å². The van der Waals surface area contributed by atoms with Crippen LogP contribution in [0.4, 0.5) is 5.69 Å². The maximum atomic E-state index is 12.3. The van der Waals surface area contributed by atoms with E-state index in [4.69, 9.17) is 9.47 Å². The van der Waals surface area contributed by atoms with Crippen LogP contribution in [0.25, 0.3) is 11.1 Å². The van der Waals surface area contributed by atoms with Crippen molar-refractivity contribution in [3.63, 3.8) is 0 Å². The van der Waals surface area contributed by atoms with E-state index in [1.165, 1.54) is 0 Å². The molecule has 0 bridgehead atoms. The van der Waals surface area contributed by atoms with E-state index in [2.05, 4.69) is 10.3 Å². The summed E-state index contributed by atoms with van der Waals surface area (Å²) in [7, 11) is 3.25. The van der Waals surface area contributed by atoms with Gasteiger partial charge >= 0.3 is 0 Å². The third-order valence-electron chi connectivity index (χ3n) is 4.77. The van der Waals surface area contributed by atoms with Crippen LogP contribution in [-0.4, -0.2) is 25.7 Å². The van der Waals surface area contributed by atoms with Gasteiger partial charge in [0.25, 0.3) is 5.56 Å². The zero-order valence-corrected chi connectivity index (χ0v) is 16.7. The highest BCUT2D eigenvalue weighted by Crippen LogP contribution is 2.32. The van der Waals surface area contributed by atoms with Crippen LogP contribution in [0.1, 0.15) is 16.8 Å². The first-order valence-electron chi connectivity index (χ1n) is 9.25.